The zero-order valence-corrected chi connectivity index (χ0v) is 50.3. The fraction of sp³-hybridized carbons (Fsp3) is 0.508. The Balaban J connectivity index is 0.991. The molecule has 9 atom stereocenters. The van der Waals surface area contributed by atoms with E-state index in [1.54, 1.807) is 60.9 Å². The highest BCUT2D eigenvalue weighted by atomic mass is 19.1. The lowest BCUT2D eigenvalue weighted by atomic mass is 9.78. The van der Waals surface area contributed by atoms with Crippen molar-refractivity contribution in [1.29, 1.82) is 0 Å². The van der Waals surface area contributed by atoms with Crippen molar-refractivity contribution in [1.82, 2.24) is 14.5 Å². The van der Waals surface area contributed by atoms with E-state index >= 15 is 4.39 Å². The van der Waals surface area contributed by atoms with Crippen LogP contribution in [0.15, 0.2) is 58.3 Å². The predicted molar refractivity (Wildman–Crippen MR) is 317 cm³/mol. The molecule has 6 N–H and O–H groups in total. The van der Waals surface area contributed by atoms with Gasteiger partial charge in [-0.05, 0) is 58.6 Å². The van der Waals surface area contributed by atoms with E-state index in [1.807, 2.05) is 4.57 Å². The third-order valence-electron chi connectivity index (χ3n) is 17.8. The number of aromatic nitrogens is 1. The number of phenols is 3. The SMILES string of the molecule is COc1c(N2CCN(C(=O)C3CCN(/N=C\c4c5c(O)c6c(O)c(C)c7c(c6c4O)C(=O)[C@@](C)(O/C=C/[C@H](OC)[C@@H](C)[C@@H](OC(C)=O)[C@H](C)[C@H](O)[C@H](C)[C@@H](O)[C@@H](C)/C=C/C=C(/C)C(=O)N5)O7)CC3)CC2)c(F)cc2c(=O)c(C(C)=O)cn(C3CC3)c12. The van der Waals surface area contributed by atoms with Crippen molar-refractivity contribution in [3.8, 4) is 28.7 Å². The Labute approximate surface area is 497 Å². The van der Waals surface area contributed by atoms with E-state index in [-0.39, 0.29) is 118 Å². The number of piperidine rings is 1. The predicted octanol–water partition coefficient (Wildman–Crippen LogP) is 7.15. The number of aliphatic hydroxyl groups excluding tert-OH is 2. The van der Waals surface area contributed by atoms with E-state index in [0.717, 1.165) is 12.8 Å². The molecule has 462 valence electrons. The maximum atomic E-state index is 16.2. The van der Waals surface area contributed by atoms with E-state index < -0.39 is 112 Å². The summed E-state index contributed by atoms with van der Waals surface area (Å²) in [7, 11) is 2.83. The number of fused-ring (bicyclic) bond motifs is 15. The molecular weight excluding hydrogens is 1120 g/mol. The molecule has 86 heavy (non-hydrogen) atoms. The van der Waals surface area contributed by atoms with Crippen LogP contribution in [-0.2, 0) is 28.6 Å². The van der Waals surface area contributed by atoms with Gasteiger partial charge in [0.05, 0.1) is 76.6 Å². The number of halogens is 1. The Bertz CT molecular complexity index is 3580. The third kappa shape index (κ3) is 11.6. The number of esters is 1. The van der Waals surface area contributed by atoms with Crippen molar-refractivity contribution < 1.29 is 77.6 Å². The van der Waals surface area contributed by atoms with Crippen LogP contribution in [0.2, 0.25) is 0 Å². The molecule has 4 aromatic rings. The first-order valence-corrected chi connectivity index (χ1v) is 29.1. The van der Waals surface area contributed by atoms with Gasteiger partial charge >= 0.3 is 11.8 Å². The number of nitrogens with zero attached hydrogens (tertiary/aromatic N) is 5. The molecule has 1 aliphatic carbocycles. The second kappa shape index (κ2) is 24.8. The first-order chi connectivity index (χ1) is 40.7. The number of nitrogens with one attached hydrogen (secondary N) is 1. The van der Waals surface area contributed by atoms with Crippen molar-refractivity contribution in [3.05, 3.63) is 86.7 Å². The second-order valence-corrected chi connectivity index (χ2v) is 23.6. The van der Waals surface area contributed by atoms with Crippen LogP contribution in [0.25, 0.3) is 21.7 Å². The van der Waals surface area contributed by atoms with Gasteiger partial charge in [-0.2, -0.15) is 5.10 Å². The number of anilines is 2. The van der Waals surface area contributed by atoms with Gasteiger partial charge in [-0.3, -0.25) is 33.8 Å². The number of pyridine rings is 1. The van der Waals surface area contributed by atoms with Crippen LogP contribution in [0.5, 0.6) is 28.7 Å². The maximum absolute atomic E-state index is 16.2. The highest BCUT2D eigenvalue weighted by molar-refractivity contribution is 6.24. The normalized spacial score (nSPS) is 27.7. The molecule has 2 saturated heterocycles. The van der Waals surface area contributed by atoms with Crippen molar-refractivity contribution in [2.45, 2.75) is 124 Å². The molecule has 1 aromatic heterocycles. The molecule has 0 unspecified atom stereocenters. The summed E-state index contributed by atoms with van der Waals surface area (Å²) in [5.74, 6) is -10.6. The number of methoxy groups -OCH3 is 2. The van der Waals surface area contributed by atoms with Crippen molar-refractivity contribution in [2.24, 2.45) is 34.7 Å². The summed E-state index contributed by atoms with van der Waals surface area (Å²) in [5.41, 5.74) is -0.768. The molecule has 0 radical (unpaired) electrons. The number of carbonyl (C=O) groups excluding carboxylic acids is 5. The number of phenolic OH excluding ortho intramolecular Hbond substituents is 3. The molecule has 2 amide bonds. The van der Waals surface area contributed by atoms with Crippen LogP contribution < -0.4 is 25.1 Å². The lowest BCUT2D eigenvalue weighted by molar-refractivity contribution is -0.160. The fourth-order valence-corrected chi connectivity index (χ4v) is 12.5. The molecule has 23 heteroatoms. The summed E-state index contributed by atoms with van der Waals surface area (Å²) in [5, 5.41) is 68.0. The molecule has 5 aliphatic heterocycles. The Hall–Kier alpha value is -8.02. The first kappa shape index (κ1) is 62.5. The van der Waals surface area contributed by atoms with Crippen LogP contribution >= 0.6 is 0 Å². The highest BCUT2D eigenvalue weighted by Gasteiger charge is 2.50. The van der Waals surface area contributed by atoms with E-state index in [0.29, 0.717) is 18.4 Å². The molecule has 5 bridgehead atoms. The minimum absolute atomic E-state index is 0.00602. The van der Waals surface area contributed by atoms with Gasteiger partial charge in [-0.15, -0.1) is 0 Å². The molecule has 3 fully saturated rings. The standard InChI is InChI=1S/C63H77FN6O16/c1-30-13-12-14-31(2)61(80)66-48-41(28-65-69-20-17-38(18-21-69)62(81)68-24-22-67(23-25-68)50-43(64)27-40-49(59(50)83-11)70(39-15-16-39)29-42(36(7)71)54(40)76)55(77)45-46(56(48)78)53(75)35(6)58-47(45)60(79)63(9,86-58)84-26-19-44(82-10)32(3)57(85-37(8)72)34(5)52(74)33(4)51(30)73/h12-14,19,26-30,32-34,38-39,44,51-52,57,73-75,77-78H,15-18,20-25H2,1-11H3,(H,66,80)/b13-12+,26-19+,31-14-,65-28-/t30-,32+,33+,34+,44-,51-,52+,57+,63-/m0/s1. The number of carbonyl (C=O) groups is 5. The van der Waals surface area contributed by atoms with Crippen LogP contribution in [-0.4, -0.2) is 159 Å². The topological polar surface area (TPSA) is 289 Å². The van der Waals surface area contributed by atoms with Crippen molar-refractivity contribution >= 4 is 68.6 Å². The number of rotatable bonds is 9. The van der Waals surface area contributed by atoms with E-state index in [9.17, 15) is 54.3 Å². The average molecular weight is 1190 g/mol. The van der Waals surface area contributed by atoms with Gasteiger partial charge in [0.15, 0.2) is 28.5 Å². The minimum Gasteiger partial charge on any atom is -0.507 e. The molecule has 3 aromatic carbocycles. The number of Topliss-reactive ketones (excluding diaryl/α,β-unsaturated/α-hetero) is 2. The number of benzene rings is 3. The van der Waals surface area contributed by atoms with Crippen LogP contribution in [0.3, 0.4) is 0 Å². The van der Waals surface area contributed by atoms with Gasteiger partial charge in [0.1, 0.15) is 29.0 Å². The number of aliphatic hydroxyl groups is 2. The minimum atomic E-state index is -2.14. The van der Waals surface area contributed by atoms with E-state index in [4.69, 9.17) is 23.7 Å². The Morgan fingerprint density at radius 1 is 0.860 bits per heavy atom. The first-order valence-electron chi connectivity index (χ1n) is 29.1. The number of aromatic hydroxyl groups is 3. The van der Waals surface area contributed by atoms with Crippen molar-refractivity contribution in [3.63, 3.8) is 0 Å². The maximum Gasteiger partial charge on any atom is 0.312 e. The Morgan fingerprint density at radius 2 is 1.53 bits per heavy atom. The monoisotopic (exact) mass is 1190 g/mol. The van der Waals surface area contributed by atoms with Gasteiger partial charge in [0.2, 0.25) is 5.91 Å². The highest BCUT2D eigenvalue weighted by Crippen LogP contribution is 2.55. The van der Waals surface area contributed by atoms with Crippen LogP contribution in [0, 0.1) is 42.3 Å². The lowest BCUT2D eigenvalue weighted by Gasteiger charge is -2.39. The summed E-state index contributed by atoms with van der Waals surface area (Å²) in [4.78, 5) is 84.9. The van der Waals surface area contributed by atoms with Gasteiger partial charge in [-0.1, -0.05) is 45.9 Å². The zero-order valence-electron chi connectivity index (χ0n) is 50.3. The Morgan fingerprint density at radius 3 is 2.15 bits per heavy atom. The van der Waals surface area contributed by atoms with Crippen molar-refractivity contribution in [2.75, 3.05) is 63.7 Å². The van der Waals surface area contributed by atoms with Crippen LogP contribution in [0.4, 0.5) is 15.8 Å². The lowest BCUT2D eigenvalue weighted by Crippen LogP contribution is -2.51. The fourth-order valence-electron chi connectivity index (χ4n) is 12.5. The molecule has 6 aliphatic rings. The van der Waals surface area contributed by atoms with Gasteiger partial charge in [0, 0.05) is 119 Å². The number of ketones is 2. The van der Waals surface area contributed by atoms with Gasteiger partial charge < -0.3 is 68.9 Å². The molecule has 22 nitrogen and oxygen atoms in total. The molecule has 6 heterocycles. The largest absolute Gasteiger partial charge is 0.507 e. The molecular formula is C63H77FN6O16. The number of hydrogen-bond donors (Lipinski definition) is 6. The number of hydrazone groups is 1. The number of ether oxygens (including phenoxy) is 5. The van der Waals surface area contributed by atoms with Crippen LogP contribution in [0.1, 0.15) is 119 Å². The number of amides is 2. The third-order valence-corrected chi connectivity index (χ3v) is 17.8. The van der Waals surface area contributed by atoms with E-state index in [2.05, 4.69) is 10.4 Å². The summed E-state index contributed by atoms with van der Waals surface area (Å²) < 4.78 is 47.7. The summed E-state index contributed by atoms with van der Waals surface area (Å²) >= 11 is 0. The summed E-state index contributed by atoms with van der Waals surface area (Å²) in [6.07, 6.45) is 8.34. The average Bonchev–Trinajstić information content (AvgIpc) is 1.45. The smallest absolute Gasteiger partial charge is 0.312 e. The summed E-state index contributed by atoms with van der Waals surface area (Å²) in [6, 6.07) is 1.20. The van der Waals surface area contributed by atoms with Gasteiger partial charge in [-0.25, -0.2) is 4.39 Å². The summed E-state index contributed by atoms with van der Waals surface area (Å²) in [6.45, 7) is 15.2. The Kier molecular flexibility index (Phi) is 18.0. The van der Waals surface area contributed by atoms with Gasteiger partial charge in [0.25, 0.3) is 11.7 Å². The zero-order chi connectivity index (χ0) is 62.5. The molecule has 1 saturated carbocycles. The second-order valence-electron chi connectivity index (χ2n) is 23.6. The molecule has 0 spiro atoms. The quantitative estimate of drug-likeness (QED) is 0.0319. The number of piperazine rings is 1. The number of allylic oxidation sites excluding steroid dienone is 2. The van der Waals surface area contributed by atoms with E-state index in [1.165, 1.54) is 79.5 Å². The number of hydrogen-bond acceptors (Lipinski definition) is 19. The molecule has 10 rings (SSSR count).